The van der Waals surface area contributed by atoms with E-state index in [1.165, 1.54) is 0 Å². The molecule has 1 amide bonds. The summed E-state index contributed by atoms with van der Waals surface area (Å²) in [5, 5.41) is 9.36. The van der Waals surface area contributed by atoms with E-state index in [1.54, 1.807) is 24.3 Å². The molecule has 4 heteroatoms. The van der Waals surface area contributed by atoms with Gasteiger partial charge in [-0.1, -0.05) is 12.1 Å². The van der Waals surface area contributed by atoms with Crippen molar-refractivity contribution in [1.29, 1.82) is 0 Å². The molecule has 1 atom stereocenters. The summed E-state index contributed by atoms with van der Waals surface area (Å²) < 4.78 is 5.21. The number of nitrogens with two attached hydrogens (primary N) is 1. The molecule has 1 unspecified atom stereocenters. The number of aliphatic hydroxyl groups excluding tert-OH is 1. The fourth-order valence-electron chi connectivity index (χ4n) is 1.11. The smallest absolute Gasteiger partial charge is 0.250 e. The predicted octanol–water partition coefficient (Wildman–Crippen LogP) is 0.604. The number of aliphatic hydroxyl groups is 1. The van der Waals surface area contributed by atoms with Crippen molar-refractivity contribution in [2.24, 2.45) is 5.73 Å². The fourth-order valence-corrected chi connectivity index (χ4v) is 1.11. The van der Waals surface area contributed by atoms with E-state index < -0.39 is 12.0 Å². The third kappa shape index (κ3) is 2.47. The summed E-state index contributed by atoms with van der Waals surface area (Å²) in [5.41, 5.74) is 5.41. The first-order valence-corrected chi connectivity index (χ1v) is 4.35. The molecule has 0 heterocycles. The Kier molecular flexibility index (Phi) is 3.48. The maximum atomic E-state index is 10.7. The van der Waals surface area contributed by atoms with E-state index in [9.17, 15) is 9.90 Å². The number of benzene rings is 1. The van der Waals surface area contributed by atoms with Crippen LogP contribution in [0.25, 0.3) is 0 Å². The number of hydrogen-bond acceptors (Lipinski definition) is 3. The lowest BCUT2D eigenvalue weighted by Crippen LogP contribution is -2.20. The number of amides is 1. The summed E-state index contributed by atoms with van der Waals surface area (Å²) in [6.45, 7) is 2.40. The minimum atomic E-state index is -1.27. The molecule has 0 saturated carbocycles. The third-order valence-electron chi connectivity index (χ3n) is 1.75. The summed E-state index contributed by atoms with van der Waals surface area (Å²) in [4.78, 5) is 10.7. The monoisotopic (exact) mass is 195 g/mol. The van der Waals surface area contributed by atoms with Gasteiger partial charge in [0.15, 0.2) is 6.10 Å². The molecule has 0 aromatic heterocycles. The van der Waals surface area contributed by atoms with Crippen LogP contribution in [-0.4, -0.2) is 17.6 Å². The normalized spacial score (nSPS) is 12.1. The second kappa shape index (κ2) is 4.62. The van der Waals surface area contributed by atoms with Gasteiger partial charge in [0, 0.05) is 0 Å². The van der Waals surface area contributed by atoms with Crippen LogP contribution in [0.3, 0.4) is 0 Å². The van der Waals surface area contributed by atoms with E-state index in [2.05, 4.69) is 0 Å². The predicted molar refractivity (Wildman–Crippen MR) is 51.8 cm³/mol. The Balaban J connectivity index is 2.87. The van der Waals surface area contributed by atoms with Crippen molar-refractivity contribution >= 4 is 5.91 Å². The number of rotatable bonds is 4. The highest BCUT2D eigenvalue weighted by Gasteiger charge is 2.13. The van der Waals surface area contributed by atoms with Crippen molar-refractivity contribution in [3.8, 4) is 5.75 Å². The maximum Gasteiger partial charge on any atom is 0.250 e. The Labute approximate surface area is 82.3 Å². The van der Waals surface area contributed by atoms with E-state index in [0.29, 0.717) is 17.9 Å². The van der Waals surface area contributed by atoms with Crippen LogP contribution in [0, 0.1) is 0 Å². The first-order valence-electron chi connectivity index (χ1n) is 4.35. The summed E-state index contributed by atoms with van der Waals surface area (Å²) in [6, 6.07) is 6.67. The van der Waals surface area contributed by atoms with Crippen molar-refractivity contribution in [2.45, 2.75) is 13.0 Å². The lowest BCUT2D eigenvalue weighted by Gasteiger charge is -2.08. The first kappa shape index (κ1) is 10.5. The molecule has 4 nitrogen and oxygen atoms in total. The highest BCUT2D eigenvalue weighted by molar-refractivity contribution is 5.80. The van der Waals surface area contributed by atoms with Crippen LogP contribution >= 0.6 is 0 Å². The fraction of sp³-hybridized carbons (Fsp3) is 0.300. The molecular formula is C10H13NO3. The first-order chi connectivity index (χ1) is 6.65. The second-order valence-corrected chi connectivity index (χ2v) is 2.81. The molecular weight excluding hydrogens is 182 g/mol. The number of ether oxygens (including phenoxy) is 1. The second-order valence-electron chi connectivity index (χ2n) is 2.81. The number of carbonyl (C=O) groups excluding carboxylic acids is 1. The minimum Gasteiger partial charge on any atom is -0.494 e. The minimum absolute atomic E-state index is 0.448. The zero-order valence-corrected chi connectivity index (χ0v) is 7.93. The lowest BCUT2D eigenvalue weighted by atomic mass is 10.1. The average Bonchev–Trinajstić information content (AvgIpc) is 2.17. The van der Waals surface area contributed by atoms with Gasteiger partial charge in [0.1, 0.15) is 5.75 Å². The molecule has 1 rings (SSSR count). The van der Waals surface area contributed by atoms with Crippen molar-refractivity contribution < 1.29 is 14.6 Å². The molecule has 0 aliphatic carbocycles. The van der Waals surface area contributed by atoms with E-state index in [4.69, 9.17) is 10.5 Å². The Bertz CT molecular complexity index is 325. The zero-order chi connectivity index (χ0) is 10.6. The highest BCUT2D eigenvalue weighted by atomic mass is 16.5. The SMILES string of the molecule is CCOc1cccc(C(O)C(N)=O)c1. The standard InChI is InChI=1S/C10H13NO3/c1-2-14-8-5-3-4-7(6-8)9(12)10(11)13/h3-6,9,12H,2H2,1H3,(H2,11,13). The number of primary amides is 1. The van der Waals surface area contributed by atoms with Crippen LogP contribution in [0.2, 0.25) is 0 Å². The van der Waals surface area contributed by atoms with Gasteiger partial charge in [0.25, 0.3) is 5.91 Å². The maximum absolute atomic E-state index is 10.7. The Hall–Kier alpha value is -1.55. The van der Waals surface area contributed by atoms with E-state index in [-0.39, 0.29) is 0 Å². The molecule has 1 aromatic carbocycles. The van der Waals surface area contributed by atoms with Gasteiger partial charge in [-0.3, -0.25) is 4.79 Å². The molecule has 0 spiro atoms. The van der Waals surface area contributed by atoms with Gasteiger partial charge < -0.3 is 15.6 Å². The van der Waals surface area contributed by atoms with Gasteiger partial charge in [0.2, 0.25) is 0 Å². The van der Waals surface area contributed by atoms with Gasteiger partial charge >= 0.3 is 0 Å². The van der Waals surface area contributed by atoms with Gasteiger partial charge in [-0.15, -0.1) is 0 Å². The molecule has 14 heavy (non-hydrogen) atoms. The van der Waals surface area contributed by atoms with Crippen LogP contribution < -0.4 is 10.5 Å². The molecule has 1 aromatic rings. The van der Waals surface area contributed by atoms with Crippen molar-refractivity contribution in [3.05, 3.63) is 29.8 Å². The van der Waals surface area contributed by atoms with Crippen molar-refractivity contribution in [3.63, 3.8) is 0 Å². The third-order valence-corrected chi connectivity index (χ3v) is 1.75. The summed E-state index contributed by atoms with van der Waals surface area (Å²) >= 11 is 0. The van der Waals surface area contributed by atoms with Crippen LogP contribution in [0.5, 0.6) is 5.75 Å². The molecule has 0 bridgehead atoms. The van der Waals surface area contributed by atoms with Crippen LogP contribution in [0.15, 0.2) is 24.3 Å². The molecule has 0 radical (unpaired) electrons. The lowest BCUT2D eigenvalue weighted by molar-refractivity contribution is -0.126. The average molecular weight is 195 g/mol. The zero-order valence-electron chi connectivity index (χ0n) is 7.93. The topological polar surface area (TPSA) is 72.6 Å². The molecule has 0 fully saturated rings. The Morgan fingerprint density at radius 2 is 2.36 bits per heavy atom. The van der Waals surface area contributed by atoms with Crippen molar-refractivity contribution in [2.75, 3.05) is 6.61 Å². The summed E-state index contributed by atoms with van der Waals surface area (Å²) in [6.07, 6.45) is -1.27. The van der Waals surface area contributed by atoms with Crippen LogP contribution in [0.1, 0.15) is 18.6 Å². The Morgan fingerprint density at radius 1 is 1.64 bits per heavy atom. The van der Waals surface area contributed by atoms with E-state index >= 15 is 0 Å². The van der Waals surface area contributed by atoms with Gasteiger partial charge in [-0.05, 0) is 24.6 Å². The molecule has 0 saturated heterocycles. The van der Waals surface area contributed by atoms with Gasteiger partial charge in [-0.2, -0.15) is 0 Å². The van der Waals surface area contributed by atoms with Gasteiger partial charge in [-0.25, -0.2) is 0 Å². The number of carbonyl (C=O) groups is 1. The van der Waals surface area contributed by atoms with Crippen LogP contribution in [-0.2, 0) is 4.79 Å². The quantitative estimate of drug-likeness (QED) is 0.739. The Morgan fingerprint density at radius 3 is 2.93 bits per heavy atom. The van der Waals surface area contributed by atoms with Crippen LogP contribution in [0.4, 0.5) is 0 Å². The molecule has 0 aliphatic rings. The summed E-state index contributed by atoms with van der Waals surface area (Å²) in [7, 11) is 0. The molecule has 3 N–H and O–H groups in total. The van der Waals surface area contributed by atoms with Crippen molar-refractivity contribution in [1.82, 2.24) is 0 Å². The summed E-state index contributed by atoms with van der Waals surface area (Å²) in [5.74, 6) is -0.149. The van der Waals surface area contributed by atoms with E-state index in [1.807, 2.05) is 6.92 Å². The molecule has 0 aliphatic heterocycles. The molecule has 76 valence electrons. The van der Waals surface area contributed by atoms with Gasteiger partial charge in [0.05, 0.1) is 6.61 Å². The number of hydrogen-bond donors (Lipinski definition) is 2. The highest BCUT2D eigenvalue weighted by Crippen LogP contribution is 2.18. The largest absolute Gasteiger partial charge is 0.494 e. The van der Waals surface area contributed by atoms with E-state index in [0.717, 1.165) is 0 Å².